The van der Waals surface area contributed by atoms with Crippen LogP contribution in [0.5, 0.6) is 0 Å². The Morgan fingerprint density at radius 2 is 2.00 bits per heavy atom. The second-order valence-corrected chi connectivity index (χ2v) is 8.90. The van der Waals surface area contributed by atoms with E-state index in [0.29, 0.717) is 4.47 Å². The number of aromatic nitrogens is 1. The molecule has 0 aromatic carbocycles. The van der Waals surface area contributed by atoms with E-state index in [9.17, 15) is 16.8 Å². The van der Waals surface area contributed by atoms with Crippen molar-refractivity contribution in [3.63, 3.8) is 0 Å². The predicted octanol–water partition coefficient (Wildman–Crippen LogP) is -0.157. The van der Waals surface area contributed by atoms with Gasteiger partial charge < -0.3 is 5.43 Å². The average molecular weight is 387 g/mol. The van der Waals surface area contributed by atoms with Crippen LogP contribution in [0.15, 0.2) is 21.6 Å². The van der Waals surface area contributed by atoms with Gasteiger partial charge in [-0.15, -0.1) is 0 Å². The molecule has 0 saturated heterocycles. The molecule has 8 nitrogen and oxygen atoms in total. The number of nitrogens with two attached hydrogens (primary N) is 1. The average Bonchev–Trinajstić information content (AvgIpc) is 2.38. The smallest absolute Gasteiger partial charge is 0.244 e. The third-order valence-corrected chi connectivity index (χ3v) is 6.00. The summed E-state index contributed by atoms with van der Waals surface area (Å²) in [5.74, 6) is 4.87. The van der Waals surface area contributed by atoms with Crippen molar-refractivity contribution < 1.29 is 16.8 Å². The number of nitrogens with zero attached hydrogens (tertiary/aromatic N) is 1. The fraction of sp³-hybridized carbons (Fsp3) is 0.444. The molecular weight excluding hydrogens is 372 g/mol. The molecule has 1 aromatic heterocycles. The van der Waals surface area contributed by atoms with Gasteiger partial charge in [-0.25, -0.2) is 32.4 Å². The molecule has 0 aliphatic heterocycles. The predicted molar refractivity (Wildman–Crippen MR) is 79.3 cm³/mol. The Kier molecular flexibility index (Phi) is 5.89. The van der Waals surface area contributed by atoms with Gasteiger partial charge in [-0.05, 0) is 22.0 Å². The van der Waals surface area contributed by atoms with Crippen LogP contribution in [0.1, 0.15) is 6.92 Å². The van der Waals surface area contributed by atoms with Crippen molar-refractivity contribution in [2.24, 2.45) is 5.84 Å². The topological polar surface area (TPSA) is 131 Å². The number of hydrogen-bond acceptors (Lipinski definition) is 7. The zero-order valence-corrected chi connectivity index (χ0v) is 13.8. The largest absolute Gasteiger partial charge is 0.307 e. The summed E-state index contributed by atoms with van der Waals surface area (Å²) in [6, 6.07) is 1.32. The molecule has 0 atom stereocenters. The Morgan fingerprint density at radius 1 is 1.35 bits per heavy atom. The highest BCUT2D eigenvalue weighted by atomic mass is 79.9. The van der Waals surface area contributed by atoms with Crippen molar-refractivity contribution in [1.82, 2.24) is 9.71 Å². The summed E-state index contributed by atoms with van der Waals surface area (Å²) in [6.45, 7) is 1.29. The van der Waals surface area contributed by atoms with Gasteiger partial charge >= 0.3 is 0 Å². The normalized spacial score (nSPS) is 12.3. The van der Waals surface area contributed by atoms with Crippen molar-refractivity contribution in [2.75, 3.05) is 23.5 Å². The van der Waals surface area contributed by atoms with Gasteiger partial charge in [0.25, 0.3) is 0 Å². The monoisotopic (exact) mass is 386 g/mol. The van der Waals surface area contributed by atoms with E-state index in [1.54, 1.807) is 0 Å². The first-order valence-electron chi connectivity index (χ1n) is 5.54. The standard InChI is InChI=1S/C9H15BrN4O4S2/c1-2-19(15,16)4-3-13-20(17,18)8-5-7(10)6-12-9(8)14-11/h5-6,13H,2-4,11H2,1H3,(H,12,14). The maximum absolute atomic E-state index is 12.1. The molecule has 0 aliphatic carbocycles. The second-order valence-electron chi connectivity index (χ2n) is 3.78. The highest BCUT2D eigenvalue weighted by molar-refractivity contribution is 9.10. The van der Waals surface area contributed by atoms with Crippen LogP contribution >= 0.6 is 15.9 Å². The lowest BCUT2D eigenvalue weighted by atomic mass is 10.5. The van der Waals surface area contributed by atoms with Crippen LogP contribution in [0.4, 0.5) is 5.82 Å². The van der Waals surface area contributed by atoms with Crippen LogP contribution in [0.2, 0.25) is 0 Å². The molecule has 4 N–H and O–H groups in total. The summed E-state index contributed by atoms with van der Waals surface area (Å²) in [7, 11) is -7.15. The molecule has 1 aromatic rings. The molecule has 0 spiro atoms. The molecule has 0 saturated carbocycles. The molecule has 0 bridgehead atoms. The van der Waals surface area contributed by atoms with Crippen molar-refractivity contribution >= 4 is 41.6 Å². The van der Waals surface area contributed by atoms with Crippen LogP contribution in [0.25, 0.3) is 0 Å². The van der Waals surface area contributed by atoms with Gasteiger partial charge in [0.15, 0.2) is 15.7 Å². The number of nitrogens with one attached hydrogen (secondary N) is 2. The lowest BCUT2D eigenvalue weighted by Gasteiger charge is -2.10. The molecule has 1 rings (SSSR count). The molecule has 0 radical (unpaired) electrons. The van der Waals surface area contributed by atoms with Crippen LogP contribution in [-0.2, 0) is 19.9 Å². The summed E-state index contributed by atoms with van der Waals surface area (Å²) in [5.41, 5.74) is 2.18. The zero-order valence-electron chi connectivity index (χ0n) is 10.6. The second kappa shape index (κ2) is 6.80. The SMILES string of the molecule is CCS(=O)(=O)CCNS(=O)(=O)c1cc(Br)cnc1NN. The molecule has 0 fully saturated rings. The first kappa shape index (κ1) is 17.3. The Bertz CT molecular complexity index is 675. The van der Waals surface area contributed by atoms with E-state index in [0.717, 1.165) is 0 Å². The molecule has 0 unspecified atom stereocenters. The number of anilines is 1. The summed E-state index contributed by atoms with van der Waals surface area (Å²) in [5, 5.41) is 0. The number of sulfone groups is 1. The first-order valence-corrected chi connectivity index (χ1v) is 9.64. The molecule has 11 heteroatoms. The van der Waals surface area contributed by atoms with E-state index >= 15 is 0 Å². The minimum atomic E-state index is -3.91. The van der Waals surface area contributed by atoms with E-state index in [1.165, 1.54) is 19.2 Å². The van der Waals surface area contributed by atoms with Gasteiger partial charge in [0.05, 0.1) is 5.75 Å². The summed E-state index contributed by atoms with van der Waals surface area (Å²) in [4.78, 5) is 3.65. The Balaban J connectivity index is 2.92. The molecule has 1 heterocycles. The molecule has 0 aliphatic rings. The Hall–Kier alpha value is -0.750. The lowest BCUT2D eigenvalue weighted by molar-refractivity contribution is 0.581. The molecular formula is C9H15BrN4O4S2. The molecule has 114 valence electrons. The first-order chi connectivity index (χ1) is 9.22. The number of nitrogen functional groups attached to an aromatic ring is 1. The highest BCUT2D eigenvalue weighted by Crippen LogP contribution is 2.21. The van der Waals surface area contributed by atoms with Gasteiger partial charge in [0.2, 0.25) is 10.0 Å². The maximum atomic E-state index is 12.1. The Labute approximate surface area is 126 Å². The van der Waals surface area contributed by atoms with Crippen LogP contribution < -0.4 is 16.0 Å². The summed E-state index contributed by atoms with van der Waals surface area (Å²) in [6.07, 6.45) is 1.38. The highest BCUT2D eigenvalue weighted by Gasteiger charge is 2.20. The minimum Gasteiger partial charge on any atom is -0.307 e. The Morgan fingerprint density at radius 3 is 2.55 bits per heavy atom. The van der Waals surface area contributed by atoms with E-state index in [-0.39, 0.29) is 28.8 Å². The van der Waals surface area contributed by atoms with E-state index in [4.69, 9.17) is 5.84 Å². The van der Waals surface area contributed by atoms with Crippen molar-refractivity contribution in [1.29, 1.82) is 0 Å². The van der Waals surface area contributed by atoms with Crippen molar-refractivity contribution in [3.8, 4) is 0 Å². The van der Waals surface area contributed by atoms with Crippen molar-refractivity contribution in [3.05, 3.63) is 16.7 Å². The van der Waals surface area contributed by atoms with Crippen LogP contribution in [0, 0.1) is 0 Å². The van der Waals surface area contributed by atoms with Gasteiger partial charge in [-0.3, -0.25) is 0 Å². The number of pyridine rings is 1. The van der Waals surface area contributed by atoms with E-state index in [2.05, 4.69) is 31.1 Å². The number of hydrazine groups is 1. The van der Waals surface area contributed by atoms with Gasteiger partial charge in [-0.1, -0.05) is 6.92 Å². The van der Waals surface area contributed by atoms with Crippen LogP contribution in [-0.4, -0.2) is 39.9 Å². The van der Waals surface area contributed by atoms with Crippen LogP contribution in [0.3, 0.4) is 0 Å². The number of hydrogen-bond donors (Lipinski definition) is 3. The molecule has 0 amide bonds. The fourth-order valence-electron chi connectivity index (χ4n) is 1.29. The van der Waals surface area contributed by atoms with Crippen molar-refractivity contribution in [2.45, 2.75) is 11.8 Å². The number of halogens is 1. The third-order valence-electron chi connectivity index (χ3n) is 2.39. The molecule has 20 heavy (non-hydrogen) atoms. The van der Waals surface area contributed by atoms with Gasteiger partial charge in [-0.2, -0.15) is 0 Å². The third kappa shape index (κ3) is 4.66. The van der Waals surface area contributed by atoms with E-state index < -0.39 is 19.9 Å². The fourth-order valence-corrected chi connectivity index (χ4v) is 3.78. The van der Waals surface area contributed by atoms with Gasteiger partial charge in [0.1, 0.15) is 4.90 Å². The lowest BCUT2D eigenvalue weighted by Crippen LogP contribution is -2.30. The zero-order chi connectivity index (χ0) is 15.4. The number of rotatable bonds is 7. The van der Waals surface area contributed by atoms with Gasteiger partial charge in [0, 0.05) is 23.0 Å². The number of sulfonamides is 1. The summed E-state index contributed by atoms with van der Waals surface area (Å²) < 4.78 is 49.4. The summed E-state index contributed by atoms with van der Waals surface area (Å²) >= 11 is 3.11. The maximum Gasteiger partial charge on any atom is 0.244 e. The van der Waals surface area contributed by atoms with E-state index in [1.807, 2.05) is 0 Å². The minimum absolute atomic E-state index is 0.0287. The quantitative estimate of drug-likeness (QED) is 0.438.